The van der Waals surface area contributed by atoms with Crippen LogP contribution in [0.25, 0.3) is 0 Å². The molecule has 2 aliphatic carbocycles. The summed E-state index contributed by atoms with van der Waals surface area (Å²) in [6, 6.07) is -0.104. The second-order valence-corrected chi connectivity index (χ2v) is 7.18. The van der Waals surface area contributed by atoms with Gasteiger partial charge in [-0.05, 0) is 32.1 Å². The molecule has 3 heterocycles. The van der Waals surface area contributed by atoms with Crippen LogP contribution in [0.4, 0.5) is 5.82 Å². The maximum atomic E-state index is 10.3. The summed E-state index contributed by atoms with van der Waals surface area (Å²) < 4.78 is 5.66. The van der Waals surface area contributed by atoms with Crippen molar-refractivity contribution in [3.05, 3.63) is 28.9 Å². The number of β-amino-alcohol motifs (C(OH)–C–C–N with tert-alkyl or cyclic N) is 1. The minimum atomic E-state index is -0.404. The number of hydrogen-bond donors (Lipinski definition) is 1. The van der Waals surface area contributed by atoms with Crippen LogP contribution in [-0.2, 0) is 12.8 Å². The molecule has 24 heavy (non-hydrogen) atoms. The van der Waals surface area contributed by atoms with Gasteiger partial charge in [0, 0.05) is 37.1 Å². The molecule has 7 nitrogen and oxygen atoms in total. The molecule has 1 saturated heterocycles. The number of nitrogens with zero attached hydrogens (tertiary/aromatic N) is 5. The Labute approximate surface area is 140 Å². The van der Waals surface area contributed by atoms with Crippen molar-refractivity contribution in [1.29, 1.82) is 0 Å². The molecule has 5 rings (SSSR count). The van der Waals surface area contributed by atoms with Crippen LogP contribution in [0.5, 0.6) is 0 Å². The summed E-state index contributed by atoms with van der Waals surface area (Å²) in [6.45, 7) is 2.35. The quantitative estimate of drug-likeness (QED) is 0.920. The van der Waals surface area contributed by atoms with Crippen molar-refractivity contribution in [3.63, 3.8) is 0 Å². The molecule has 0 bridgehead atoms. The summed E-state index contributed by atoms with van der Waals surface area (Å²) >= 11 is 0. The summed E-state index contributed by atoms with van der Waals surface area (Å²) in [5.41, 5.74) is 2.44. The molecule has 3 aliphatic rings. The second kappa shape index (κ2) is 5.24. The maximum absolute atomic E-state index is 10.3. The zero-order chi connectivity index (χ0) is 16.3. The van der Waals surface area contributed by atoms with E-state index >= 15 is 0 Å². The molecule has 0 radical (unpaired) electrons. The predicted molar refractivity (Wildman–Crippen MR) is 85.8 cm³/mol. The van der Waals surface area contributed by atoms with Gasteiger partial charge in [0.25, 0.3) is 0 Å². The first-order chi connectivity index (χ1) is 11.7. The monoisotopic (exact) mass is 327 g/mol. The molecule has 1 aliphatic heterocycles. The van der Waals surface area contributed by atoms with Gasteiger partial charge in [-0.2, -0.15) is 0 Å². The molecular formula is C17H21N5O2. The highest BCUT2D eigenvalue weighted by Crippen LogP contribution is 2.43. The lowest BCUT2D eigenvalue weighted by Gasteiger charge is -2.25. The van der Waals surface area contributed by atoms with E-state index in [-0.39, 0.29) is 6.04 Å². The highest BCUT2D eigenvalue weighted by Gasteiger charge is 2.39. The van der Waals surface area contributed by atoms with Gasteiger partial charge in [-0.1, -0.05) is 0 Å². The highest BCUT2D eigenvalue weighted by atomic mass is 16.4. The lowest BCUT2D eigenvalue weighted by Crippen LogP contribution is -2.27. The van der Waals surface area contributed by atoms with Gasteiger partial charge in [0.2, 0.25) is 11.8 Å². The van der Waals surface area contributed by atoms with E-state index in [0.717, 1.165) is 30.9 Å². The van der Waals surface area contributed by atoms with Gasteiger partial charge in [0.05, 0.1) is 6.10 Å². The van der Waals surface area contributed by atoms with Crippen molar-refractivity contribution >= 4 is 5.82 Å². The van der Waals surface area contributed by atoms with E-state index in [2.05, 4.69) is 15.1 Å². The van der Waals surface area contributed by atoms with Gasteiger partial charge >= 0.3 is 0 Å². The molecule has 7 heteroatoms. The smallest absolute Gasteiger partial charge is 0.238 e. The van der Waals surface area contributed by atoms with Crippen LogP contribution in [0.2, 0.25) is 0 Å². The first-order valence-electron chi connectivity index (χ1n) is 8.83. The standard InChI is InChI=1S/C17H21N5O2/c1-9-20-21-17(24-9)14-7-11(23)8-22(14)16-12-3-2-4-13(12)18-15(19-16)10-5-6-10/h10-11,14,23H,2-8H2,1H3/t11-,14-/m1/s1. The number of rotatable bonds is 3. The Morgan fingerprint density at radius 2 is 2.04 bits per heavy atom. The first kappa shape index (κ1) is 14.3. The molecule has 2 fully saturated rings. The number of aliphatic hydroxyl groups is 1. The Bertz CT molecular complexity index is 785. The van der Waals surface area contributed by atoms with Crippen molar-refractivity contribution in [1.82, 2.24) is 20.2 Å². The Balaban J connectivity index is 1.59. The minimum absolute atomic E-state index is 0.104. The van der Waals surface area contributed by atoms with Gasteiger partial charge in [0.15, 0.2) is 0 Å². The third-order valence-electron chi connectivity index (χ3n) is 5.25. The molecule has 0 amide bonds. The lowest BCUT2D eigenvalue weighted by molar-refractivity contribution is 0.192. The first-order valence-corrected chi connectivity index (χ1v) is 8.83. The number of aromatic nitrogens is 4. The summed E-state index contributed by atoms with van der Waals surface area (Å²) in [4.78, 5) is 11.9. The number of anilines is 1. The number of aliphatic hydroxyl groups excluding tert-OH is 1. The van der Waals surface area contributed by atoms with Crippen LogP contribution in [-0.4, -0.2) is 37.9 Å². The van der Waals surface area contributed by atoms with E-state index < -0.39 is 6.10 Å². The van der Waals surface area contributed by atoms with Gasteiger partial charge in [-0.15, -0.1) is 10.2 Å². The molecule has 2 atom stereocenters. The number of hydrogen-bond acceptors (Lipinski definition) is 7. The fraction of sp³-hybridized carbons (Fsp3) is 0.647. The molecular weight excluding hydrogens is 306 g/mol. The van der Waals surface area contributed by atoms with Gasteiger partial charge in [0.1, 0.15) is 17.7 Å². The lowest BCUT2D eigenvalue weighted by atomic mass is 10.1. The summed E-state index contributed by atoms with van der Waals surface area (Å²) in [5, 5.41) is 18.4. The molecule has 2 aromatic heterocycles. The zero-order valence-electron chi connectivity index (χ0n) is 13.8. The van der Waals surface area contributed by atoms with Crippen LogP contribution in [0.15, 0.2) is 4.42 Å². The Kier molecular flexibility index (Phi) is 3.13. The summed E-state index contributed by atoms with van der Waals surface area (Å²) in [6.07, 6.45) is 5.74. The van der Waals surface area contributed by atoms with Crippen LogP contribution >= 0.6 is 0 Å². The third-order valence-corrected chi connectivity index (χ3v) is 5.25. The summed E-state index contributed by atoms with van der Waals surface area (Å²) in [5.74, 6) is 3.61. The van der Waals surface area contributed by atoms with Crippen LogP contribution in [0.1, 0.15) is 66.5 Å². The molecule has 1 saturated carbocycles. The SMILES string of the molecule is Cc1nnc([C@H]2C[C@@H](O)CN2c2nc(C3CC3)nc3c2CCC3)o1. The van der Waals surface area contributed by atoms with Crippen molar-refractivity contribution in [2.75, 3.05) is 11.4 Å². The highest BCUT2D eigenvalue weighted by molar-refractivity contribution is 5.54. The fourth-order valence-electron chi connectivity index (χ4n) is 3.92. The topological polar surface area (TPSA) is 88.2 Å². The predicted octanol–water partition coefficient (Wildman–Crippen LogP) is 1.85. The molecule has 0 unspecified atom stereocenters. The Morgan fingerprint density at radius 1 is 1.17 bits per heavy atom. The van der Waals surface area contributed by atoms with Crippen molar-refractivity contribution < 1.29 is 9.52 Å². The van der Waals surface area contributed by atoms with Crippen LogP contribution in [0.3, 0.4) is 0 Å². The minimum Gasteiger partial charge on any atom is -0.423 e. The molecule has 0 spiro atoms. The van der Waals surface area contributed by atoms with Crippen LogP contribution in [0, 0.1) is 6.92 Å². The van der Waals surface area contributed by atoms with Gasteiger partial charge < -0.3 is 14.4 Å². The van der Waals surface area contributed by atoms with Crippen molar-refractivity contribution in [2.45, 2.75) is 63.5 Å². The summed E-state index contributed by atoms with van der Waals surface area (Å²) in [7, 11) is 0. The maximum Gasteiger partial charge on any atom is 0.238 e. The second-order valence-electron chi connectivity index (χ2n) is 7.18. The van der Waals surface area contributed by atoms with E-state index in [1.807, 2.05) is 0 Å². The van der Waals surface area contributed by atoms with Gasteiger partial charge in [-0.3, -0.25) is 0 Å². The van der Waals surface area contributed by atoms with Crippen LogP contribution < -0.4 is 4.90 Å². The number of aryl methyl sites for hydroxylation is 2. The van der Waals surface area contributed by atoms with Crippen molar-refractivity contribution in [3.8, 4) is 0 Å². The molecule has 0 aromatic carbocycles. The Hall–Kier alpha value is -2.02. The third kappa shape index (κ3) is 2.30. The normalized spacial score (nSPS) is 26.2. The molecule has 126 valence electrons. The fourth-order valence-corrected chi connectivity index (χ4v) is 3.92. The zero-order valence-corrected chi connectivity index (χ0v) is 13.8. The Morgan fingerprint density at radius 3 is 2.79 bits per heavy atom. The van der Waals surface area contributed by atoms with E-state index in [1.54, 1.807) is 6.92 Å². The number of fused-ring (bicyclic) bond motifs is 1. The van der Waals surface area contributed by atoms with Gasteiger partial charge in [-0.25, -0.2) is 9.97 Å². The van der Waals surface area contributed by atoms with E-state index in [1.165, 1.54) is 24.1 Å². The van der Waals surface area contributed by atoms with E-state index in [0.29, 0.717) is 30.7 Å². The average Bonchev–Trinajstić information content (AvgIpc) is 2.97. The molecule has 2 aromatic rings. The molecule has 1 N–H and O–H groups in total. The van der Waals surface area contributed by atoms with E-state index in [4.69, 9.17) is 14.4 Å². The largest absolute Gasteiger partial charge is 0.423 e. The van der Waals surface area contributed by atoms with Crippen molar-refractivity contribution in [2.24, 2.45) is 0 Å². The average molecular weight is 327 g/mol. The van der Waals surface area contributed by atoms with E-state index in [9.17, 15) is 5.11 Å².